The van der Waals surface area contributed by atoms with Gasteiger partial charge < -0.3 is 20.9 Å². The summed E-state index contributed by atoms with van der Waals surface area (Å²) in [5.41, 5.74) is -2.11. The summed E-state index contributed by atoms with van der Waals surface area (Å²) in [6, 6.07) is -1.43. The molecule has 2 heterocycles. The highest BCUT2D eigenvalue weighted by molar-refractivity contribution is 6.35. The van der Waals surface area contributed by atoms with Gasteiger partial charge in [0, 0.05) is 24.5 Å². The first-order valence-electron chi connectivity index (χ1n) is 12.6. The van der Waals surface area contributed by atoms with Crippen LogP contribution in [0.4, 0.5) is 13.2 Å². The van der Waals surface area contributed by atoms with Crippen LogP contribution in [0.25, 0.3) is 0 Å². The predicted molar refractivity (Wildman–Crippen MR) is 124 cm³/mol. The van der Waals surface area contributed by atoms with Crippen molar-refractivity contribution in [3.8, 4) is 0 Å². The number of hydrogen-bond acceptors (Lipinski definition) is 6. The first-order chi connectivity index (χ1) is 17.1. The van der Waals surface area contributed by atoms with Gasteiger partial charge in [0.05, 0.1) is 6.04 Å². The number of likely N-dealkylation sites (tertiary alicyclic amines) is 1. The van der Waals surface area contributed by atoms with Gasteiger partial charge in [0.1, 0.15) is 12.1 Å². The normalized spacial score (nSPS) is 25.0. The molecule has 3 N–H and O–H groups in total. The zero-order valence-corrected chi connectivity index (χ0v) is 21.3. The Labute approximate surface area is 213 Å². The van der Waals surface area contributed by atoms with Crippen LogP contribution in [0.2, 0.25) is 0 Å². The number of ketones is 1. The fourth-order valence-corrected chi connectivity index (χ4v) is 5.00. The Balaban J connectivity index is 1.84. The van der Waals surface area contributed by atoms with Crippen molar-refractivity contribution >= 4 is 29.4 Å². The first-order valence-corrected chi connectivity index (χ1v) is 12.6. The highest BCUT2D eigenvalue weighted by atomic mass is 19.4. The van der Waals surface area contributed by atoms with Gasteiger partial charge in [0.2, 0.25) is 11.8 Å². The molecular formula is C24H35F3N4O6. The summed E-state index contributed by atoms with van der Waals surface area (Å²) in [6.07, 6.45) is -2.23. The van der Waals surface area contributed by atoms with E-state index in [-0.39, 0.29) is 37.6 Å². The van der Waals surface area contributed by atoms with Gasteiger partial charge in [0.25, 0.3) is 0 Å². The third-order valence-electron chi connectivity index (χ3n) is 6.92. The van der Waals surface area contributed by atoms with E-state index in [4.69, 9.17) is 0 Å². The van der Waals surface area contributed by atoms with E-state index in [2.05, 4.69) is 20.7 Å². The molecule has 0 bridgehead atoms. The second-order valence-electron chi connectivity index (χ2n) is 11.2. The zero-order chi connectivity index (χ0) is 27.6. The van der Waals surface area contributed by atoms with Gasteiger partial charge in [-0.3, -0.25) is 28.7 Å². The third-order valence-corrected chi connectivity index (χ3v) is 6.92. The van der Waals surface area contributed by atoms with Crippen LogP contribution in [0, 0.1) is 11.8 Å². The van der Waals surface area contributed by atoms with Gasteiger partial charge in [-0.05, 0) is 58.8 Å². The number of hydrogen-bond donors (Lipinski definition) is 3. The van der Waals surface area contributed by atoms with Crippen molar-refractivity contribution in [2.45, 2.75) is 89.2 Å². The molecule has 37 heavy (non-hydrogen) atoms. The molecule has 3 atom stereocenters. The van der Waals surface area contributed by atoms with Crippen LogP contribution in [-0.4, -0.2) is 77.5 Å². The molecule has 0 radical (unpaired) electrons. The lowest BCUT2D eigenvalue weighted by Gasteiger charge is -2.38. The minimum Gasteiger partial charge on any atom is -0.356 e. The summed E-state index contributed by atoms with van der Waals surface area (Å²) >= 11 is 0. The fourth-order valence-electron chi connectivity index (χ4n) is 5.00. The van der Waals surface area contributed by atoms with Gasteiger partial charge >= 0.3 is 18.2 Å². The van der Waals surface area contributed by atoms with E-state index in [9.17, 15) is 37.1 Å². The number of ether oxygens (including phenoxy) is 1. The SMILES string of the molecule is CC(C)(C)NC(=O)C(=O)N1CCCC1(CC1CC1)C(=O)NC(CC1CCNC1=O)C(=O)COC(F)(F)F. The molecule has 0 spiro atoms. The molecule has 1 aliphatic carbocycles. The van der Waals surface area contributed by atoms with Crippen LogP contribution in [-0.2, 0) is 28.7 Å². The predicted octanol–water partition coefficient (Wildman–Crippen LogP) is 1.18. The average molecular weight is 533 g/mol. The molecule has 10 nitrogen and oxygen atoms in total. The first kappa shape index (κ1) is 28.9. The Hall–Kier alpha value is -2.70. The highest BCUT2D eigenvalue weighted by Gasteiger charge is 2.54. The Morgan fingerprint density at radius 1 is 1.16 bits per heavy atom. The van der Waals surface area contributed by atoms with E-state index >= 15 is 0 Å². The zero-order valence-electron chi connectivity index (χ0n) is 21.3. The molecule has 208 valence electrons. The van der Waals surface area contributed by atoms with Gasteiger partial charge in [-0.25, -0.2) is 0 Å². The second-order valence-corrected chi connectivity index (χ2v) is 11.2. The lowest BCUT2D eigenvalue weighted by Crippen LogP contribution is -2.63. The Kier molecular flexibility index (Phi) is 8.55. The average Bonchev–Trinajstić information content (AvgIpc) is 3.34. The molecule has 4 amide bonds. The molecule has 0 aromatic carbocycles. The number of amides is 4. The van der Waals surface area contributed by atoms with E-state index in [0.717, 1.165) is 12.8 Å². The highest BCUT2D eigenvalue weighted by Crippen LogP contribution is 2.44. The van der Waals surface area contributed by atoms with E-state index in [0.29, 0.717) is 19.4 Å². The smallest absolute Gasteiger partial charge is 0.356 e. The molecule has 2 aliphatic heterocycles. The quantitative estimate of drug-likeness (QED) is 0.382. The van der Waals surface area contributed by atoms with Crippen LogP contribution < -0.4 is 16.0 Å². The van der Waals surface area contributed by atoms with Crippen molar-refractivity contribution in [1.29, 1.82) is 0 Å². The second kappa shape index (κ2) is 11.0. The van der Waals surface area contributed by atoms with Crippen LogP contribution in [0.1, 0.15) is 65.7 Å². The van der Waals surface area contributed by atoms with Gasteiger partial charge in [-0.2, -0.15) is 0 Å². The number of carbonyl (C=O) groups excluding carboxylic acids is 5. The van der Waals surface area contributed by atoms with Crippen molar-refractivity contribution in [2.75, 3.05) is 19.7 Å². The van der Waals surface area contributed by atoms with Crippen molar-refractivity contribution in [1.82, 2.24) is 20.9 Å². The summed E-state index contributed by atoms with van der Waals surface area (Å²) in [4.78, 5) is 65.7. The molecule has 3 rings (SSSR count). The minimum absolute atomic E-state index is 0.146. The summed E-state index contributed by atoms with van der Waals surface area (Å²) in [5.74, 6) is -4.36. The maximum atomic E-state index is 13.8. The summed E-state index contributed by atoms with van der Waals surface area (Å²) in [5, 5.41) is 7.75. The van der Waals surface area contributed by atoms with Crippen LogP contribution in [0.5, 0.6) is 0 Å². The van der Waals surface area contributed by atoms with E-state index in [1.165, 1.54) is 4.90 Å². The van der Waals surface area contributed by atoms with E-state index in [1.54, 1.807) is 20.8 Å². The minimum atomic E-state index is -5.04. The number of rotatable bonds is 9. The number of nitrogens with one attached hydrogen (secondary N) is 3. The Morgan fingerprint density at radius 3 is 2.38 bits per heavy atom. The molecule has 3 aliphatic rings. The molecule has 13 heteroatoms. The van der Waals surface area contributed by atoms with Crippen LogP contribution in [0.15, 0.2) is 0 Å². The van der Waals surface area contributed by atoms with Crippen LogP contribution in [0.3, 0.4) is 0 Å². The largest absolute Gasteiger partial charge is 0.522 e. The van der Waals surface area contributed by atoms with Crippen LogP contribution >= 0.6 is 0 Å². The Bertz CT molecular complexity index is 930. The summed E-state index contributed by atoms with van der Waals surface area (Å²) in [7, 11) is 0. The lowest BCUT2D eigenvalue weighted by molar-refractivity contribution is -0.321. The topological polar surface area (TPSA) is 134 Å². The van der Waals surface area contributed by atoms with Gasteiger partial charge in [-0.1, -0.05) is 12.8 Å². The number of carbonyl (C=O) groups is 5. The lowest BCUT2D eigenvalue weighted by atomic mass is 9.86. The van der Waals surface area contributed by atoms with Gasteiger partial charge in [-0.15, -0.1) is 13.2 Å². The monoisotopic (exact) mass is 532 g/mol. The molecule has 0 aromatic heterocycles. The maximum Gasteiger partial charge on any atom is 0.522 e. The fraction of sp³-hybridized carbons (Fsp3) is 0.792. The number of halogens is 3. The molecule has 2 saturated heterocycles. The van der Waals surface area contributed by atoms with Crippen molar-refractivity contribution < 1.29 is 41.9 Å². The van der Waals surface area contributed by atoms with E-state index in [1.807, 2.05) is 0 Å². The van der Waals surface area contributed by atoms with Gasteiger partial charge in [0.15, 0.2) is 5.78 Å². The van der Waals surface area contributed by atoms with Crippen molar-refractivity contribution in [3.63, 3.8) is 0 Å². The van der Waals surface area contributed by atoms with Crippen molar-refractivity contribution in [2.24, 2.45) is 11.8 Å². The standard InChI is InChI=1S/C24H35F3N4O6/c1-22(2,3)30-19(34)20(35)31-10-4-8-23(31,12-14-5-6-14)21(36)29-16(11-15-7-9-28-18(15)33)17(32)13-37-24(25,26)27/h14-16H,4-13H2,1-3H3,(H,28,33)(H,29,36)(H,30,34). The maximum absolute atomic E-state index is 13.8. The van der Waals surface area contributed by atoms with Crippen molar-refractivity contribution in [3.05, 3.63) is 0 Å². The summed E-state index contributed by atoms with van der Waals surface area (Å²) < 4.78 is 41.5. The number of Topliss-reactive ketones (excluding diaryl/α,β-unsaturated/α-hetero) is 1. The molecular weight excluding hydrogens is 497 g/mol. The molecule has 1 saturated carbocycles. The van der Waals surface area contributed by atoms with E-state index < -0.39 is 59.5 Å². The Morgan fingerprint density at radius 2 is 1.84 bits per heavy atom. The summed E-state index contributed by atoms with van der Waals surface area (Å²) in [6.45, 7) is 4.32. The third kappa shape index (κ3) is 7.65. The number of nitrogens with zero attached hydrogens (tertiary/aromatic N) is 1. The number of alkyl halides is 3. The molecule has 0 aromatic rings. The molecule has 3 fully saturated rings. The molecule has 3 unspecified atom stereocenters.